The van der Waals surface area contributed by atoms with Gasteiger partial charge in [-0.2, -0.15) is 4.52 Å². The summed E-state index contributed by atoms with van der Waals surface area (Å²) < 4.78 is 29.7. The number of carbonyl (C=O) groups is 1. The molecule has 2 fully saturated rings. The molecule has 0 saturated carbocycles. The number of likely N-dealkylation sites (tertiary alicyclic amines) is 1. The Hall–Kier alpha value is -3.27. The van der Waals surface area contributed by atoms with Crippen LogP contribution in [0.1, 0.15) is 30.9 Å². The average Bonchev–Trinajstić information content (AvgIpc) is 3.49. The average molecular weight is 428 g/mol. The standard InChI is InChI=1S/C21H22F2N6O2/c22-13-3-4-16(23)15(10-13)17-2-1-8-28(17)19-6-5-18-24-11-20(29(18)26-19)25-21(31)27-9-7-14(30)12-27/h3-6,10-11,14,17,30H,1-2,7-9,12H2,(H,25,31). The minimum atomic E-state index is -0.506. The summed E-state index contributed by atoms with van der Waals surface area (Å²) in [6.45, 7) is 1.42. The fraction of sp³-hybridized carbons (Fsp3) is 0.381. The van der Waals surface area contributed by atoms with Gasteiger partial charge in [0.25, 0.3) is 0 Å². The van der Waals surface area contributed by atoms with E-state index in [4.69, 9.17) is 0 Å². The van der Waals surface area contributed by atoms with Crippen LogP contribution < -0.4 is 10.2 Å². The lowest BCUT2D eigenvalue weighted by Crippen LogP contribution is -2.34. The number of nitrogens with zero attached hydrogens (tertiary/aromatic N) is 5. The van der Waals surface area contributed by atoms with Crippen molar-refractivity contribution in [1.29, 1.82) is 0 Å². The summed E-state index contributed by atoms with van der Waals surface area (Å²) >= 11 is 0. The van der Waals surface area contributed by atoms with E-state index in [0.29, 0.717) is 48.8 Å². The molecule has 2 unspecified atom stereocenters. The summed E-state index contributed by atoms with van der Waals surface area (Å²) in [6, 6.07) is 6.41. The topological polar surface area (TPSA) is 86.0 Å². The second-order valence-corrected chi connectivity index (χ2v) is 7.94. The number of β-amino-alcohol motifs (C(OH)–C–C–N with tert-alkyl or cyclic N) is 1. The van der Waals surface area contributed by atoms with Gasteiger partial charge in [-0.1, -0.05) is 0 Å². The molecule has 2 saturated heterocycles. The molecule has 31 heavy (non-hydrogen) atoms. The fourth-order valence-electron chi connectivity index (χ4n) is 4.35. The maximum atomic E-state index is 14.4. The molecule has 2 atom stereocenters. The highest BCUT2D eigenvalue weighted by atomic mass is 19.1. The highest BCUT2D eigenvalue weighted by Gasteiger charge is 2.30. The first-order chi connectivity index (χ1) is 15.0. The van der Waals surface area contributed by atoms with E-state index in [1.807, 2.05) is 4.90 Å². The van der Waals surface area contributed by atoms with Crippen LogP contribution in [0.2, 0.25) is 0 Å². The number of carbonyl (C=O) groups excluding carboxylic acids is 1. The molecule has 0 bridgehead atoms. The van der Waals surface area contributed by atoms with Gasteiger partial charge in [0.2, 0.25) is 0 Å². The van der Waals surface area contributed by atoms with Gasteiger partial charge in [0.1, 0.15) is 17.5 Å². The number of amides is 2. The van der Waals surface area contributed by atoms with E-state index in [9.17, 15) is 18.7 Å². The van der Waals surface area contributed by atoms with Gasteiger partial charge in [-0.25, -0.2) is 18.6 Å². The number of hydrogen-bond donors (Lipinski definition) is 2. The first-order valence-electron chi connectivity index (χ1n) is 10.3. The number of aliphatic hydroxyl groups excluding tert-OH is 1. The number of aromatic nitrogens is 3. The van der Waals surface area contributed by atoms with Crippen LogP contribution in [0.15, 0.2) is 36.5 Å². The van der Waals surface area contributed by atoms with Crippen LogP contribution in [-0.2, 0) is 0 Å². The molecular weight excluding hydrogens is 406 g/mol. The van der Waals surface area contributed by atoms with E-state index >= 15 is 0 Å². The van der Waals surface area contributed by atoms with Crippen molar-refractivity contribution >= 4 is 23.3 Å². The Balaban J connectivity index is 1.43. The first kappa shape index (κ1) is 19.7. The molecule has 8 nitrogen and oxygen atoms in total. The summed E-state index contributed by atoms with van der Waals surface area (Å²) in [7, 11) is 0. The lowest BCUT2D eigenvalue weighted by molar-refractivity contribution is 0.176. The Morgan fingerprint density at radius 3 is 2.84 bits per heavy atom. The van der Waals surface area contributed by atoms with Crippen LogP contribution >= 0.6 is 0 Å². The van der Waals surface area contributed by atoms with Crippen molar-refractivity contribution in [3.05, 3.63) is 53.7 Å². The molecule has 0 aliphatic carbocycles. The number of aliphatic hydroxyl groups is 1. The normalized spacial score (nSPS) is 21.3. The van der Waals surface area contributed by atoms with E-state index < -0.39 is 17.7 Å². The van der Waals surface area contributed by atoms with Crippen molar-refractivity contribution < 1.29 is 18.7 Å². The van der Waals surface area contributed by atoms with E-state index in [0.717, 1.165) is 18.6 Å². The van der Waals surface area contributed by atoms with Crippen LogP contribution in [0.25, 0.3) is 5.65 Å². The van der Waals surface area contributed by atoms with Gasteiger partial charge in [-0.15, -0.1) is 5.10 Å². The number of urea groups is 1. The zero-order chi connectivity index (χ0) is 21.5. The van der Waals surface area contributed by atoms with Crippen LogP contribution in [0.3, 0.4) is 0 Å². The number of nitrogens with one attached hydrogen (secondary N) is 1. The summed E-state index contributed by atoms with van der Waals surface area (Å²) in [5.41, 5.74) is 0.860. The van der Waals surface area contributed by atoms with Crippen molar-refractivity contribution in [2.24, 2.45) is 0 Å². The highest BCUT2D eigenvalue weighted by Crippen LogP contribution is 2.36. The first-order valence-corrected chi connectivity index (χ1v) is 10.3. The summed E-state index contributed by atoms with van der Waals surface area (Å²) in [5, 5.41) is 17.1. The molecule has 1 aromatic carbocycles. The summed E-state index contributed by atoms with van der Waals surface area (Å²) in [4.78, 5) is 20.3. The maximum Gasteiger partial charge on any atom is 0.323 e. The molecule has 5 rings (SSSR count). The predicted molar refractivity (Wildman–Crippen MR) is 110 cm³/mol. The lowest BCUT2D eigenvalue weighted by atomic mass is 10.0. The van der Waals surface area contributed by atoms with Gasteiger partial charge in [-0.3, -0.25) is 5.32 Å². The Labute approximate surface area is 177 Å². The third-order valence-electron chi connectivity index (χ3n) is 5.90. The molecule has 2 aliphatic rings. The predicted octanol–water partition coefficient (Wildman–Crippen LogP) is 2.95. The van der Waals surface area contributed by atoms with Crippen LogP contribution in [0, 0.1) is 11.6 Å². The van der Waals surface area contributed by atoms with Crippen molar-refractivity contribution in [2.45, 2.75) is 31.4 Å². The maximum absolute atomic E-state index is 14.4. The van der Waals surface area contributed by atoms with Crippen LogP contribution in [-0.4, -0.2) is 56.4 Å². The van der Waals surface area contributed by atoms with Gasteiger partial charge in [0, 0.05) is 25.2 Å². The van der Waals surface area contributed by atoms with E-state index in [1.54, 1.807) is 12.1 Å². The zero-order valence-electron chi connectivity index (χ0n) is 16.7. The number of benzene rings is 1. The van der Waals surface area contributed by atoms with E-state index in [1.165, 1.54) is 21.7 Å². The minimum absolute atomic E-state index is 0.288. The SMILES string of the molecule is O=C(Nc1cnc2ccc(N3CCCC3c3cc(F)ccc3F)nn12)N1CCC(O)C1. The van der Waals surface area contributed by atoms with Gasteiger partial charge < -0.3 is 14.9 Å². The molecule has 10 heteroatoms. The third-order valence-corrected chi connectivity index (χ3v) is 5.90. The van der Waals surface area contributed by atoms with Crippen LogP contribution in [0.4, 0.5) is 25.2 Å². The third kappa shape index (κ3) is 3.67. The van der Waals surface area contributed by atoms with Crippen molar-refractivity contribution in [3.63, 3.8) is 0 Å². The molecule has 2 aromatic heterocycles. The Morgan fingerprint density at radius 1 is 1.16 bits per heavy atom. The number of hydrogen-bond acceptors (Lipinski definition) is 5. The van der Waals surface area contributed by atoms with Gasteiger partial charge in [0.15, 0.2) is 11.5 Å². The Morgan fingerprint density at radius 2 is 2.03 bits per heavy atom. The summed E-state index contributed by atoms with van der Waals surface area (Å²) in [5.74, 6) is 0.0701. The summed E-state index contributed by atoms with van der Waals surface area (Å²) in [6.07, 6.45) is 3.07. The lowest BCUT2D eigenvalue weighted by Gasteiger charge is -2.26. The molecule has 2 amide bonds. The number of imidazole rings is 1. The smallest absolute Gasteiger partial charge is 0.323 e. The molecular formula is C21H22F2N6O2. The molecule has 0 spiro atoms. The quantitative estimate of drug-likeness (QED) is 0.670. The van der Waals surface area contributed by atoms with E-state index in [-0.39, 0.29) is 18.6 Å². The Kier molecular flexibility index (Phi) is 4.93. The van der Waals surface area contributed by atoms with Crippen molar-refractivity contribution in [3.8, 4) is 0 Å². The molecule has 162 valence electrons. The number of fused-ring (bicyclic) bond motifs is 1. The molecule has 0 radical (unpaired) electrons. The number of halogens is 2. The molecule has 2 N–H and O–H groups in total. The monoisotopic (exact) mass is 428 g/mol. The van der Waals surface area contributed by atoms with E-state index in [2.05, 4.69) is 15.4 Å². The second-order valence-electron chi connectivity index (χ2n) is 7.94. The largest absolute Gasteiger partial charge is 0.391 e. The van der Waals surface area contributed by atoms with Crippen molar-refractivity contribution in [2.75, 3.05) is 29.9 Å². The zero-order valence-corrected chi connectivity index (χ0v) is 16.7. The fourth-order valence-corrected chi connectivity index (χ4v) is 4.35. The van der Waals surface area contributed by atoms with Gasteiger partial charge in [-0.05, 0) is 49.6 Å². The Bertz CT molecular complexity index is 1140. The molecule has 3 aromatic rings. The second kappa shape index (κ2) is 7.77. The number of rotatable bonds is 3. The van der Waals surface area contributed by atoms with Gasteiger partial charge in [0.05, 0.1) is 18.3 Å². The van der Waals surface area contributed by atoms with Crippen molar-refractivity contribution in [1.82, 2.24) is 19.5 Å². The molecule has 4 heterocycles. The van der Waals surface area contributed by atoms with Gasteiger partial charge >= 0.3 is 6.03 Å². The number of anilines is 2. The highest BCUT2D eigenvalue weighted by molar-refractivity contribution is 5.89. The van der Waals surface area contributed by atoms with Crippen LogP contribution in [0.5, 0.6) is 0 Å². The molecule has 2 aliphatic heterocycles. The minimum Gasteiger partial charge on any atom is -0.391 e.